The molecule has 2 atom stereocenters. The van der Waals surface area contributed by atoms with Crippen molar-refractivity contribution in [2.45, 2.75) is 25.0 Å². The summed E-state index contributed by atoms with van der Waals surface area (Å²) in [6.07, 6.45) is 1.43. The van der Waals surface area contributed by atoms with Crippen LogP contribution in [0.3, 0.4) is 0 Å². The highest BCUT2D eigenvalue weighted by molar-refractivity contribution is 7.80. The summed E-state index contributed by atoms with van der Waals surface area (Å²) in [4.78, 5) is 27.1. The van der Waals surface area contributed by atoms with Crippen molar-refractivity contribution in [3.63, 3.8) is 0 Å². The topological polar surface area (TPSA) is 64.7 Å². The molecular weight excluding hydrogens is 300 g/mol. The lowest BCUT2D eigenvalue weighted by atomic mass is 10.1. The Balaban J connectivity index is 1.65. The Morgan fingerprint density at radius 2 is 1.95 bits per heavy atom. The van der Waals surface area contributed by atoms with E-state index in [0.29, 0.717) is 11.7 Å². The minimum absolute atomic E-state index is 0.292. The lowest BCUT2D eigenvalue weighted by Gasteiger charge is -2.35. The fourth-order valence-corrected chi connectivity index (χ4v) is 3.24. The van der Waals surface area contributed by atoms with Crippen molar-refractivity contribution in [3.8, 4) is 0 Å². The van der Waals surface area contributed by atoms with Crippen LogP contribution in [0.4, 0.5) is 4.79 Å². The number of hydrogen-bond acceptors (Lipinski definition) is 3. The van der Waals surface area contributed by atoms with Crippen molar-refractivity contribution in [1.29, 1.82) is 0 Å². The minimum atomic E-state index is -0.453. The summed E-state index contributed by atoms with van der Waals surface area (Å²) in [7, 11) is 1.66. The molecule has 3 amide bonds. The number of rotatable bonds is 4. The lowest BCUT2D eigenvalue weighted by molar-refractivity contribution is -0.127. The molecule has 7 heteroatoms. The maximum Gasteiger partial charge on any atom is 0.325 e. The summed E-state index contributed by atoms with van der Waals surface area (Å²) in [6, 6.07) is 9.35. The highest BCUT2D eigenvalue weighted by atomic mass is 32.1. The number of carbonyl (C=O) groups excluding carboxylic acids is 2. The van der Waals surface area contributed by atoms with Gasteiger partial charge < -0.3 is 15.1 Å². The standard InChI is InChI=1S/C15H18N4O2S/c1-18-12-11(13(20)17-14(18)21)19(15(22)16-12)9-5-8-10-6-3-2-4-7-10/h2-4,6-7,11-12H,5,8-9H2,1H3,(H,16,22)(H,17,20,21). The number of carbonyl (C=O) groups is 2. The van der Waals surface area contributed by atoms with Gasteiger partial charge in [0.1, 0.15) is 12.2 Å². The van der Waals surface area contributed by atoms with Gasteiger partial charge >= 0.3 is 6.03 Å². The summed E-state index contributed by atoms with van der Waals surface area (Å²) in [5.41, 5.74) is 1.26. The van der Waals surface area contributed by atoms with Crippen LogP contribution in [0.25, 0.3) is 0 Å². The van der Waals surface area contributed by atoms with Crippen LogP contribution in [0, 0.1) is 0 Å². The molecule has 2 unspecified atom stereocenters. The molecule has 0 saturated carbocycles. The molecule has 2 aliphatic rings. The quantitative estimate of drug-likeness (QED) is 0.800. The zero-order valence-electron chi connectivity index (χ0n) is 12.3. The maximum absolute atomic E-state index is 12.1. The SMILES string of the molecule is CN1C(=O)NC(=O)C2C1NC(=S)N2CCCc1ccccc1. The first-order valence-corrected chi connectivity index (χ1v) is 7.67. The van der Waals surface area contributed by atoms with Crippen LogP contribution in [0.1, 0.15) is 12.0 Å². The molecule has 3 rings (SSSR count). The van der Waals surface area contributed by atoms with Gasteiger partial charge in [-0.25, -0.2) is 4.79 Å². The molecule has 2 aliphatic heterocycles. The molecule has 0 radical (unpaired) electrons. The minimum Gasteiger partial charge on any atom is -0.340 e. The predicted octanol–water partition coefficient (Wildman–Crippen LogP) is 0.686. The molecule has 0 spiro atoms. The van der Waals surface area contributed by atoms with E-state index in [1.54, 1.807) is 7.05 Å². The Kier molecular flexibility index (Phi) is 3.98. The van der Waals surface area contributed by atoms with Crippen LogP contribution in [0.2, 0.25) is 0 Å². The van der Waals surface area contributed by atoms with Crippen LogP contribution in [-0.4, -0.2) is 52.7 Å². The average Bonchev–Trinajstić information content (AvgIpc) is 2.84. The van der Waals surface area contributed by atoms with Crippen LogP contribution in [0.15, 0.2) is 30.3 Å². The number of urea groups is 1. The first-order valence-electron chi connectivity index (χ1n) is 7.26. The van der Waals surface area contributed by atoms with Gasteiger partial charge in [-0.2, -0.15) is 0 Å². The van der Waals surface area contributed by atoms with Gasteiger partial charge in [0.15, 0.2) is 5.11 Å². The van der Waals surface area contributed by atoms with E-state index in [9.17, 15) is 9.59 Å². The molecule has 116 valence electrons. The van der Waals surface area contributed by atoms with Crippen molar-refractivity contribution >= 4 is 29.3 Å². The van der Waals surface area contributed by atoms with Gasteiger partial charge in [0.25, 0.3) is 5.91 Å². The molecular formula is C15H18N4O2S. The molecule has 1 aromatic carbocycles. The van der Waals surface area contributed by atoms with Gasteiger partial charge in [-0.15, -0.1) is 0 Å². The number of nitrogens with zero attached hydrogens (tertiary/aromatic N) is 2. The largest absolute Gasteiger partial charge is 0.340 e. The van der Waals surface area contributed by atoms with E-state index in [2.05, 4.69) is 22.8 Å². The van der Waals surface area contributed by atoms with Gasteiger partial charge in [0.2, 0.25) is 0 Å². The van der Waals surface area contributed by atoms with Crippen molar-refractivity contribution in [3.05, 3.63) is 35.9 Å². The maximum atomic E-state index is 12.1. The molecule has 2 N–H and O–H groups in total. The second-order valence-corrected chi connectivity index (χ2v) is 5.91. The number of imide groups is 1. The third-order valence-electron chi connectivity index (χ3n) is 4.11. The summed E-state index contributed by atoms with van der Waals surface area (Å²) in [5, 5.41) is 5.96. The Morgan fingerprint density at radius 3 is 2.68 bits per heavy atom. The lowest BCUT2D eigenvalue weighted by Crippen LogP contribution is -2.64. The van der Waals surface area contributed by atoms with Crippen LogP contribution in [0.5, 0.6) is 0 Å². The second kappa shape index (κ2) is 5.92. The number of aryl methyl sites for hydroxylation is 1. The monoisotopic (exact) mass is 318 g/mol. The van der Waals surface area contributed by atoms with Crippen molar-refractivity contribution < 1.29 is 9.59 Å². The van der Waals surface area contributed by atoms with E-state index in [4.69, 9.17) is 12.2 Å². The molecule has 0 aliphatic carbocycles. The molecule has 2 fully saturated rings. The zero-order valence-corrected chi connectivity index (χ0v) is 13.1. The smallest absolute Gasteiger partial charge is 0.325 e. The van der Waals surface area contributed by atoms with E-state index < -0.39 is 12.1 Å². The third-order valence-corrected chi connectivity index (χ3v) is 4.46. The van der Waals surface area contributed by atoms with Crippen LogP contribution in [-0.2, 0) is 11.2 Å². The fraction of sp³-hybridized carbons (Fsp3) is 0.400. The summed E-state index contributed by atoms with van der Waals surface area (Å²) < 4.78 is 0. The average molecular weight is 318 g/mol. The van der Waals surface area contributed by atoms with Gasteiger partial charge in [-0.05, 0) is 30.6 Å². The van der Waals surface area contributed by atoms with Crippen molar-refractivity contribution in [2.75, 3.05) is 13.6 Å². The Hall–Kier alpha value is -2.15. The summed E-state index contributed by atoms with van der Waals surface area (Å²) >= 11 is 5.33. The highest BCUT2D eigenvalue weighted by Gasteiger charge is 2.48. The molecule has 6 nitrogen and oxygen atoms in total. The van der Waals surface area contributed by atoms with Gasteiger partial charge in [-0.1, -0.05) is 30.3 Å². The van der Waals surface area contributed by atoms with E-state index in [0.717, 1.165) is 12.8 Å². The predicted molar refractivity (Wildman–Crippen MR) is 86.1 cm³/mol. The number of hydrogen-bond donors (Lipinski definition) is 2. The summed E-state index contributed by atoms with van der Waals surface area (Å²) in [6.45, 7) is 0.678. The Labute approximate surface area is 134 Å². The number of amides is 3. The second-order valence-electron chi connectivity index (χ2n) is 5.53. The molecule has 22 heavy (non-hydrogen) atoms. The number of nitrogens with one attached hydrogen (secondary N) is 2. The Morgan fingerprint density at radius 1 is 1.23 bits per heavy atom. The number of benzene rings is 1. The van der Waals surface area contributed by atoms with E-state index in [1.807, 2.05) is 23.1 Å². The molecule has 2 heterocycles. The summed E-state index contributed by atoms with van der Waals surface area (Å²) in [5.74, 6) is -0.292. The van der Waals surface area contributed by atoms with E-state index >= 15 is 0 Å². The molecule has 0 bridgehead atoms. The molecule has 0 aromatic heterocycles. The van der Waals surface area contributed by atoms with Crippen LogP contribution >= 0.6 is 12.2 Å². The van der Waals surface area contributed by atoms with Gasteiger partial charge in [-0.3, -0.25) is 10.1 Å². The Bertz CT molecular complexity index is 607. The fourth-order valence-electron chi connectivity index (χ4n) is 2.91. The van der Waals surface area contributed by atoms with E-state index in [1.165, 1.54) is 10.5 Å². The molecule has 1 aromatic rings. The van der Waals surface area contributed by atoms with Crippen molar-refractivity contribution in [1.82, 2.24) is 20.4 Å². The first-order chi connectivity index (χ1) is 10.6. The molecule has 2 saturated heterocycles. The van der Waals surface area contributed by atoms with Crippen molar-refractivity contribution in [2.24, 2.45) is 0 Å². The zero-order chi connectivity index (χ0) is 15.7. The number of likely N-dealkylation sites (N-methyl/N-ethyl adjacent to an activating group) is 1. The first kappa shape index (κ1) is 14.8. The number of fused-ring (bicyclic) bond motifs is 1. The third kappa shape index (κ3) is 2.64. The normalized spacial score (nSPS) is 24.1. The highest BCUT2D eigenvalue weighted by Crippen LogP contribution is 2.21. The number of thiocarbonyl (C=S) groups is 1. The van der Waals surface area contributed by atoms with E-state index in [-0.39, 0.29) is 12.1 Å². The van der Waals surface area contributed by atoms with Crippen LogP contribution < -0.4 is 10.6 Å². The van der Waals surface area contributed by atoms with Gasteiger partial charge in [0, 0.05) is 13.6 Å². The van der Waals surface area contributed by atoms with Gasteiger partial charge in [0.05, 0.1) is 0 Å².